The molecule has 0 radical (unpaired) electrons. The molecule has 2 amide bonds. The number of nitrogens with one attached hydrogen (secondary N) is 1. The number of hydrogen-bond acceptors (Lipinski definition) is 6. The first kappa shape index (κ1) is 25.9. The zero-order valence-corrected chi connectivity index (χ0v) is 22.2. The van der Waals surface area contributed by atoms with Crippen molar-refractivity contribution in [3.8, 4) is 0 Å². The van der Waals surface area contributed by atoms with Crippen LogP contribution in [0, 0.1) is 11.7 Å². The van der Waals surface area contributed by atoms with Crippen LogP contribution in [-0.2, 0) is 20.2 Å². The van der Waals surface area contributed by atoms with Gasteiger partial charge in [-0.25, -0.2) is 12.8 Å². The molecule has 2 aliphatic rings. The maximum absolute atomic E-state index is 14.1. The number of likely N-dealkylation sites (tertiary alicyclic amines) is 1. The first-order valence-corrected chi connectivity index (χ1v) is 13.9. The predicted octanol–water partition coefficient (Wildman–Crippen LogP) is 4.18. The third-order valence-corrected chi connectivity index (χ3v) is 9.43. The predicted molar refractivity (Wildman–Crippen MR) is 139 cm³/mol. The number of hydrogen-bond donors (Lipinski definition) is 1. The molecular weight excluding hydrogens is 511 g/mol. The molecular formula is C27H29FN4O5S. The molecule has 11 heteroatoms. The van der Waals surface area contributed by atoms with Gasteiger partial charge in [-0.1, -0.05) is 19.0 Å². The number of carbonyl (C=O) groups excluding carboxylic acids is 2. The zero-order chi connectivity index (χ0) is 27.2. The molecule has 1 aromatic heterocycles. The molecule has 0 bridgehead atoms. The fourth-order valence-corrected chi connectivity index (χ4v) is 7.83. The number of rotatable bonds is 5. The lowest BCUT2D eigenvalue weighted by atomic mass is 9.66. The average molecular weight is 541 g/mol. The van der Waals surface area contributed by atoms with E-state index in [0.717, 1.165) is 17.7 Å². The van der Waals surface area contributed by atoms with Gasteiger partial charge in [-0.3, -0.25) is 13.9 Å². The minimum Gasteiger partial charge on any atom is -0.364 e. The van der Waals surface area contributed by atoms with Crippen molar-refractivity contribution in [1.82, 2.24) is 10.1 Å². The molecule has 1 atom stereocenters. The van der Waals surface area contributed by atoms with Gasteiger partial charge < -0.3 is 14.7 Å². The lowest BCUT2D eigenvalue weighted by molar-refractivity contribution is -0.130. The molecule has 1 fully saturated rings. The van der Waals surface area contributed by atoms with E-state index in [0.29, 0.717) is 37.3 Å². The minimum absolute atomic E-state index is 0.00265. The Balaban J connectivity index is 1.64. The van der Waals surface area contributed by atoms with Crippen molar-refractivity contribution in [3.63, 3.8) is 0 Å². The summed E-state index contributed by atoms with van der Waals surface area (Å²) in [5.41, 5.74) is 1.33. The van der Waals surface area contributed by atoms with Crippen LogP contribution in [0.3, 0.4) is 0 Å². The number of nitrogens with zero attached hydrogens (tertiary/aromatic N) is 3. The number of benzene rings is 2. The van der Waals surface area contributed by atoms with Crippen LogP contribution < -0.4 is 9.62 Å². The molecule has 1 N–H and O–H groups in total. The van der Waals surface area contributed by atoms with Gasteiger partial charge in [0.2, 0.25) is 5.91 Å². The van der Waals surface area contributed by atoms with Crippen LogP contribution >= 0.6 is 0 Å². The standard InChI is InChI=1S/C27H29FN4O5S/c1-17(2)25-27(11-13-31(14-12-27)18(3)33)22-16-20(29-26(34)23-10-15-37-30-23)6-9-24(22)32(25)38(35,36)21-7-4-19(28)5-8-21/h4-10,15-17,25H,11-14H2,1-3H3,(H,29,34). The Labute approximate surface area is 220 Å². The van der Waals surface area contributed by atoms with Crippen LogP contribution in [0.5, 0.6) is 0 Å². The summed E-state index contributed by atoms with van der Waals surface area (Å²) in [6, 6.07) is 11.0. The van der Waals surface area contributed by atoms with E-state index in [4.69, 9.17) is 4.52 Å². The van der Waals surface area contributed by atoms with Crippen LogP contribution in [-0.4, -0.2) is 49.4 Å². The second kappa shape index (κ2) is 9.54. The average Bonchev–Trinajstić information content (AvgIpc) is 3.51. The molecule has 2 aromatic carbocycles. The monoisotopic (exact) mass is 540 g/mol. The first-order chi connectivity index (χ1) is 18.0. The molecule has 1 spiro atoms. The number of carbonyl (C=O) groups is 2. The summed E-state index contributed by atoms with van der Waals surface area (Å²) < 4.78 is 48.1. The van der Waals surface area contributed by atoms with Crippen molar-refractivity contribution in [2.75, 3.05) is 22.7 Å². The topological polar surface area (TPSA) is 113 Å². The lowest BCUT2D eigenvalue weighted by Gasteiger charge is -2.46. The molecule has 200 valence electrons. The van der Waals surface area contributed by atoms with Crippen molar-refractivity contribution in [1.29, 1.82) is 0 Å². The van der Waals surface area contributed by atoms with Gasteiger partial charge >= 0.3 is 0 Å². The number of sulfonamides is 1. The second-order valence-corrected chi connectivity index (χ2v) is 12.0. The van der Waals surface area contributed by atoms with Crippen LogP contribution in [0.4, 0.5) is 15.8 Å². The SMILES string of the molecule is CC(=O)N1CCC2(CC1)c1cc(NC(=O)c3ccon3)ccc1N(S(=O)(=O)c1ccc(F)cc1)C2C(C)C. The van der Waals surface area contributed by atoms with Crippen LogP contribution in [0.25, 0.3) is 0 Å². The fourth-order valence-electron chi connectivity index (χ4n) is 5.96. The third-order valence-electron chi connectivity index (χ3n) is 7.62. The highest BCUT2D eigenvalue weighted by molar-refractivity contribution is 7.92. The molecule has 0 saturated carbocycles. The van der Waals surface area contributed by atoms with Crippen LogP contribution in [0.2, 0.25) is 0 Å². The van der Waals surface area contributed by atoms with Crippen molar-refractivity contribution >= 4 is 33.2 Å². The summed E-state index contributed by atoms with van der Waals surface area (Å²) in [6.45, 7) is 6.46. The van der Waals surface area contributed by atoms with Gasteiger partial charge in [-0.15, -0.1) is 0 Å². The van der Waals surface area contributed by atoms with E-state index in [9.17, 15) is 22.4 Å². The Morgan fingerprint density at radius 2 is 1.79 bits per heavy atom. The first-order valence-electron chi connectivity index (χ1n) is 12.5. The van der Waals surface area contributed by atoms with E-state index < -0.39 is 33.2 Å². The highest BCUT2D eigenvalue weighted by Crippen LogP contribution is 2.55. The van der Waals surface area contributed by atoms with E-state index in [2.05, 4.69) is 10.5 Å². The van der Waals surface area contributed by atoms with Gasteiger partial charge in [-0.05, 0) is 66.8 Å². The van der Waals surface area contributed by atoms with E-state index in [-0.39, 0.29) is 22.4 Å². The molecule has 1 saturated heterocycles. The number of halogens is 1. The normalized spacial score (nSPS) is 18.6. The minimum atomic E-state index is -4.06. The van der Waals surface area contributed by atoms with E-state index in [1.54, 1.807) is 17.0 Å². The summed E-state index contributed by atoms with van der Waals surface area (Å²) in [7, 11) is -4.06. The fraction of sp³-hybridized carbons (Fsp3) is 0.370. The van der Waals surface area contributed by atoms with Crippen molar-refractivity contribution in [2.24, 2.45) is 5.92 Å². The largest absolute Gasteiger partial charge is 0.364 e. The smallest absolute Gasteiger partial charge is 0.277 e. The number of aromatic nitrogens is 1. The second-order valence-electron chi connectivity index (χ2n) is 10.2. The number of fused-ring (bicyclic) bond motifs is 2. The van der Waals surface area contributed by atoms with E-state index in [1.165, 1.54) is 35.7 Å². The lowest BCUT2D eigenvalue weighted by Crippen LogP contribution is -2.55. The molecule has 2 aliphatic heterocycles. The van der Waals surface area contributed by atoms with Crippen LogP contribution in [0.15, 0.2) is 64.2 Å². The number of piperidine rings is 1. The summed E-state index contributed by atoms with van der Waals surface area (Å²) in [5.74, 6) is -1.08. The summed E-state index contributed by atoms with van der Waals surface area (Å²) in [5, 5.41) is 6.50. The zero-order valence-electron chi connectivity index (χ0n) is 21.3. The molecule has 38 heavy (non-hydrogen) atoms. The highest BCUT2D eigenvalue weighted by Gasteiger charge is 2.56. The van der Waals surface area contributed by atoms with Gasteiger partial charge in [0.1, 0.15) is 12.1 Å². The Morgan fingerprint density at radius 1 is 1.11 bits per heavy atom. The number of anilines is 2. The van der Waals surface area contributed by atoms with Crippen molar-refractivity contribution in [3.05, 3.63) is 71.9 Å². The molecule has 3 aromatic rings. The maximum atomic E-state index is 14.1. The van der Waals surface area contributed by atoms with E-state index >= 15 is 0 Å². The molecule has 0 aliphatic carbocycles. The Hall–Kier alpha value is -3.73. The highest BCUT2D eigenvalue weighted by atomic mass is 32.2. The summed E-state index contributed by atoms with van der Waals surface area (Å²) in [4.78, 5) is 26.5. The quantitative estimate of drug-likeness (QED) is 0.520. The Bertz CT molecular complexity index is 1460. The van der Waals surface area contributed by atoms with Crippen molar-refractivity contribution < 1.29 is 26.9 Å². The van der Waals surface area contributed by atoms with Gasteiger partial charge in [0, 0.05) is 37.2 Å². The van der Waals surface area contributed by atoms with Gasteiger partial charge in [0.05, 0.1) is 16.6 Å². The Kier molecular flexibility index (Phi) is 6.50. The number of amides is 2. The van der Waals surface area contributed by atoms with E-state index in [1.807, 2.05) is 19.9 Å². The van der Waals surface area contributed by atoms with Gasteiger partial charge in [0.15, 0.2) is 5.69 Å². The Morgan fingerprint density at radius 3 is 2.37 bits per heavy atom. The molecule has 9 nitrogen and oxygen atoms in total. The third kappa shape index (κ3) is 4.24. The summed E-state index contributed by atoms with van der Waals surface area (Å²) in [6.07, 6.45) is 2.41. The van der Waals surface area contributed by atoms with Crippen molar-refractivity contribution in [2.45, 2.75) is 50.0 Å². The molecule has 1 unspecified atom stereocenters. The molecule has 3 heterocycles. The van der Waals surface area contributed by atoms with Crippen LogP contribution in [0.1, 0.15) is 49.7 Å². The summed E-state index contributed by atoms with van der Waals surface area (Å²) >= 11 is 0. The maximum Gasteiger partial charge on any atom is 0.277 e. The van der Waals surface area contributed by atoms with Gasteiger partial charge in [-0.2, -0.15) is 0 Å². The molecule has 5 rings (SSSR count). The van der Waals surface area contributed by atoms with Gasteiger partial charge in [0.25, 0.3) is 15.9 Å².